The first kappa shape index (κ1) is 14.4. The molecule has 1 N–H and O–H groups in total. The highest BCUT2D eigenvalue weighted by Gasteiger charge is 2.23. The minimum absolute atomic E-state index is 0.398. The van der Waals surface area contributed by atoms with Crippen LogP contribution in [0.3, 0.4) is 0 Å². The lowest BCUT2D eigenvalue weighted by Gasteiger charge is -2.28. The monoisotopic (exact) mass is 305 g/mol. The zero-order valence-electron chi connectivity index (χ0n) is 12.4. The van der Waals surface area contributed by atoms with Gasteiger partial charge in [0.05, 0.1) is 31.0 Å². The maximum absolute atomic E-state index is 12.1. The summed E-state index contributed by atoms with van der Waals surface area (Å²) < 4.78 is 10.2. The number of morpholine rings is 1. The van der Waals surface area contributed by atoms with Crippen molar-refractivity contribution in [1.29, 1.82) is 0 Å². The number of esters is 1. The summed E-state index contributed by atoms with van der Waals surface area (Å²) in [7, 11) is 3.08. The summed E-state index contributed by atoms with van der Waals surface area (Å²) in [5.41, 5.74) is 1.05. The van der Waals surface area contributed by atoms with Crippen molar-refractivity contribution in [2.75, 3.05) is 38.3 Å². The van der Waals surface area contributed by atoms with Gasteiger partial charge in [-0.05, 0) is 16.4 Å². The lowest BCUT2D eigenvalue weighted by molar-refractivity contribution is -0.783. The zero-order valence-corrected chi connectivity index (χ0v) is 12.4. The summed E-state index contributed by atoms with van der Waals surface area (Å²) in [5, 5.41) is 10.9. The second-order valence-electron chi connectivity index (χ2n) is 4.85. The number of rotatable bonds is 3. The van der Waals surface area contributed by atoms with Gasteiger partial charge in [-0.2, -0.15) is 0 Å². The molecule has 2 aromatic heterocycles. The lowest BCUT2D eigenvalue weighted by Crippen LogP contribution is -2.37. The standard InChI is InChI=1S/C13H16N6O3/c1-18-16-11(15-17-18)9-7-10(13(20)21-2)12(14-8-9)19-3-5-22-6-4-19/h7-8H,3-6H2,1-2H3/p+1. The first-order valence-electron chi connectivity index (χ1n) is 6.89. The molecule has 0 spiro atoms. The Kier molecular flexibility index (Phi) is 3.96. The molecule has 9 heteroatoms. The fraction of sp³-hybridized carbons (Fsp3) is 0.462. The highest BCUT2D eigenvalue weighted by molar-refractivity contribution is 5.96. The van der Waals surface area contributed by atoms with Crippen LogP contribution in [0.1, 0.15) is 10.4 Å². The molecule has 1 aliphatic heterocycles. The number of hydrogen-bond acceptors (Lipinski definition) is 7. The van der Waals surface area contributed by atoms with Gasteiger partial charge in [-0.15, -0.1) is 0 Å². The normalized spacial score (nSPS) is 14.9. The average molecular weight is 305 g/mol. The van der Waals surface area contributed by atoms with Crippen LogP contribution in [0.5, 0.6) is 0 Å². The van der Waals surface area contributed by atoms with Gasteiger partial charge in [0.2, 0.25) is 0 Å². The molecule has 116 valence electrons. The molecule has 22 heavy (non-hydrogen) atoms. The quantitative estimate of drug-likeness (QED) is 0.592. The minimum Gasteiger partial charge on any atom is -0.465 e. The predicted molar refractivity (Wildman–Crippen MR) is 75.2 cm³/mol. The first-order valence-corrected chi connectivity index (χ1v) is 6.89. The Morgan fingerprint density at radius 3 is 2.86 bits per heavy atom. The van der Waals surface area contributed by atoms with Crippen molar-refractivity contribution in [2.24, 2.45) is 7.05 Å². The van der Waals surface area contributed by atoms with E-state index in [4.69, 9.17) is 9.47 Å². The number of nitrogens with one attached hydrogen (secondary N) is 1. The highest BCUT2D eigenvalue weighted by Crippen LogP contribution is 2.24. The van der Waals surface area contributed by atoms with Crippen molar-refractivity contribution < 1.29 is 19.1 Å². The molecule has 0 aromatic carbocycles. The van der Waals surface area contributed by atoms with Crippen LogP contribution in [0.25, 0.3) is 11.4 Å². The molecule has 0 aliphatic carbocycles. The number of aromatic nitrogens is 5. The Morgan fingerprint density at radius 1 is 1.45 bits per heavy atom. The fourth-order valence-electron chi connectivity index (χ4n) is 2.30. The number of carbonyl (C=O) groups is 1. The Hall–Kier alpha value is -2.55. The zero-order chi connectivity index (χ0) is 15.5. The van der Waals surface area contributed by atoms with Crippen molar-refractivity contribution in [2.45, 2.75) is 0 Å². The van der Waals surface area contributed by atoms with Crippen LogP contribution in [-0.2, 0) is 16.5 Å². The molecular weight excluding hydrogens is 288 g/mol. The molecule has 0 amide bonds. The SMILES string of the molecule is COC(=O)c1cc(-c2n[nH][n+](C)n2)cnc1N1CCOCC1. The van der Waals surface area contributed by atoms with Gasteiger partial charge in [-0.25, -0.2) is 9.78 Å². The van der Waals surface area contributed by atoms with Gasteiger partial charge in [0.25, 0.3) is 0 Å². The van der Waals surface area contributed by atoms with Crippen molar-refractivity contribution in [3.8, 4) is 11.4 Å². The number of carbonyl (C=O) groups excluding carboxylic acids is 1. The molecule has 2 aromatic rings. The molecule has 0 radical (unpaired) electrons. The number of aryl methyl sites for hydroxylation is 1. The Morgan fingerprint density at radius 2 is 2.23 bits per heavy atom. The number of anilines is 1. The molecule has 1 fully saturated rings. The summed E-state index contributed by atoms with van der Waals surface area (Å²) in [4.78, 5) is 20.0. The number of aromatic amines is 1. The number of tetrazole rings is 1. The Labute approximate surface area is 126 Å². The smallest absolute Gasteiger partial charge is 0.341 e. The van der Waals surface area contributed by atoms with Crippen LogP contribution in [0.4, 0.5) is 5.82 Å². The van der Waals surface area contributed by atoms with Gasteiger partial charge in [-0.3, -0.25) is 0 Å². The number of methoxy groups -OCH3 is 1. The number of H-pyrrole nitrogens is 1. The summed E-state index contributed by atoms with van der Waals surface area (Å²) in [6.07, 6.45) is 1.65. The molecule has 0 bridgehead atoms. The topological polar surface area (TPSA) is 97.1 Å². The molecule has 0 atom stereocenters. The number of hydrogen-bond donors (Lipinski definition) is 1. The molecule has 0 unspecified atom stereocenters. The van der Waals surface area contributed by atoms with Gasteiger partial charge < -0.3 is 14.4 Å². The Balaban J connectivity index is 2.01. The number of pyridine rings is 1. The van der Waals surface area contributed by atoms with Crippen LogP contribution in [0.15, 0.2) is 12.3 Å². The summed E-state index contributed by atoms with van der Waals surface area (Å²) in [6, 6.07) is 1.70. The molecular formula is C13H17N6O3+. The molecule has 0 saturated carbocycles. The Bertz CT molecular complexity index is 680. The number of ether oxygens (including phenoxy) is 2. The third-order valence-corrected chi connectivity index (χ3v) is 3.39. The maximum atomic E-state index is 12.1. The average Bonchev–Trinajstić information content (AvgIpc) is 3.01. The van der Waals surface area contributed by atoms with Gasteiger partial charge in [0, 0.05) is 19.3 Å². The minimum atomic E-state index is -0.434. The van der Waals surface area contributed by atoms with E-state index >= 15 is 0 Å². The fourth-order valence-corrected chi connectivity index (χ4v) is 2.30. The van der Waals surface area contributed by atoms with E-state index in [9.17, 15) is 4.79 Å². The van der Waals surface area contributed by atoms with Crippen LogP contribution in [-0.4, -0.2) is 59.8 Å². The molecule has 3 rings (SSSR count). The highest BCUT2D eigenvalue weighted by atomic mass is 16.5. The first-order chi connectivity index (χ1) is 10.7. The van der Waals surface area contributed by atoms with Crippen LogP contribution in [0, 0.1) is 0 Å². The van der Waals surface area contributed by atoms with Gasteiger partial charge in [0.15, 0.2) is 0 Å². The van der Waals surface area contributed by atoms with E-state index in [1.165, 1.54) is 11.9 Å². The third-order valence-electron chi connectivity index (χ3n) is 3.39. The molecule has 1 saturated heterocycles. The van der Waals surface area contributed by atoms with Crippen molar-refractivity contribution >= 4 is 11.8 Å². The van der Waals surface area contributed by atoms with Crippen LogP contribution >= 0.6 is 0 Å². The van der Waals surface area contributed by atoms with Crippen molar-refractivity contribution in [1.82, 2.24) is 20.4 Å². The molecule has 3 heterocycles. The van der Waals surface area contributed by atoms with Crippen LogP contribution in [0.2, 0.25) is 0 Å². The lowest BCUT2D eigenvalue weighted by atomic mass is 10.1. The largest absolute Gasteiger partial charge is 0.465 e. The molecule has 9 nitrogen and oxygen atoms in total. The van der Waals surface area contributed by atoms with E-state index in [-0.39, 0.29) is 0 Å². The van der Waals surface area contributed by atoms with Gasteiger partial charge in [-0.1, -0.05) is 4.80 Å². The van der Waals surface area contributed by atoms with Gasteiger partial charge in [0.1, 0.15) is 18.4 Å². The predicted octanol–water partition coefficient (Wildman–Crippen LogP) is -0.686. The van der Waals surface area contributed by atoms with E-state index in [2.05, 4.69) is 20.4 Å². The van der Waals surface area contributed by atoms with E-state index in [0.717, 1.165) is 0 Å². The van der Waals surface area contributed by atoms with E-state index < -0.39 is 5.97 Å². The second-order valence-corrected chi connectivity index (χ2v) is 4.85. The van der Waals surface area contributed by atoms with Crippen LogP contribution < -0.4 is 9.70 Å². The van der Waals surface area contributed by atoms with Crippen molar-refractivity contribution in [3.63, 3.8) is 0 Å². The molecule has 1 aliphatic rings. The van der Waals surface area contributed by atoms with E-state index in [0.29, 0.717) is 49.1 Å². The van der Waals surface area contributed by atoms with E-state index in [1.54, 1.807) is 19.3 Å². The van der Waals surface area contributed by atoms with Crippen molar-refractivity contribution in [3.05, 3.63) is 17.8 Å². The summed E-state index contributed by atoms with van der Waals surface area (Å²) in [5.74, 6) is 0.628. The van der Waals surface area contributed by atoms with Gasteiger partial charge >= 0.3 is 11.8 Å². The summed E-state index contributed by atoms with van der Waals surface area (Å²) >= 11 is 0. The van der Waals surface area contributed by atoms with E-state index in [1.807, 2.05) is 4.90 Å². The number of nitrogens with zero attached hydrogens (tertiary/aromatic N) is 5. The third kappa shape index (κ3) is 2.75. The second kappa shape index (κ2) is 6.06. The summed E-state index contributed by atoms with van der Waals surface area (Å²) in [6.45, 7) is 2.60. The maximum Gasteiger partial charge on any atom is 0.341 e.